The van der Waals surface area contributed by atoms with Crippen molar-refractivity contribution >= 4 is 5.91 Å². The van der Waals surface area contributed by atoms with Crippen LogP contribution in [-0.2, 0) is 17.9 Å². The maximum absolute atomic E-state index is 12.7. The molecular weight excluding hydrogens is 312 g/mol. The van der Waals surface area contributed by atoms with E-state index in [1.54, 1.807) is 12.0 Å². The second-order valence-electron chi connectivity index (χ2n) is 6.72. The average Bonchev–Trinajstić information content (AvgIpc) is 3.47. The molecule has 4 heteroatoms. The van der Waals surface area contributed by atoms with Crippen LogP contribution in [0.25, 0.3) is 0 Å². The summed E-state index contributed by atoms with van der Waals surface area (Å²) in [6.07, 6.45) is 2.39. The number of methoxy groups -OCH3 is 1. The van der Waals surface area contributed by atoms with Crippen LogP contribution in [0.15, 0.2) is 54.6 Å². The zero-order valence-electron chi connectivity index (χ0n) is 15.0. The summed E-state index contributed by atoms with van der Waals surface area (Å²) in [5.74, 6) is 0.979. The van der Waals surface area contributed by atoms with Gasteiger partial charge in [0.15, 0.2) is 0 Å². The van der Waals surface area contributed by atoms with E-state index in [9.17, 15) is 4.79 Å². The highest BCUT2D eigenvalue weighted by atomic mass is 16.5. The van der Waals surface area contributed by atoms with Gasteiger partial charge in [-0.2, -0.15) is 0 Å². The van der Waals surface area contributed by atoms with Gasteiger partial charge in [0, 0.05) is 26.2 Å². The Morgan fingerprint density at radius 2 is 1.76 bits per heavy atom. The maximum atomic E-state index is 12.7. The van der Waals surface area contributed by atoms with Gasteiger partial charge in [-0.3, -0.25) is 9.69 Å². The summed E-state index contributed by atoms with van der Waals surface area (Å²) in [6, 6.07) is 18.8. The summed E-state index contributed by atoms with van der Waals surface area (Å²) >= 11 is 0. The van der Waals surface area contributed by atoms with Gasteiger partial charge in [-0.25, -0.2) is 0 Å². The molecule has 0 aromatic heterocycles. The van der Waals surface area contributed by atoms with Crippen LogP contribution in [0.2, 0.25) is 0 Å². The van der Waals surface area contributed by atoms with Crippen molar-refractivity contribution in [2.24, 2.45) is 0 Å². The van der Waals surface area contributed by atoms with Gasteiger partial charge in [-0.15, -0.1) is 0 Å². The van der Waals surface area contributed by atoms with E-state index in [-0.39, 0.29) is 5.91 Å². The molecule has 0 atom stereocenters. The molecule has 1 saturated carbocycles. The van der Waals surface area contributed by atoms with E-state index in [0.29, 0.717) is 19.1 Å². The molecule has 2 aromatic rings. The van der Waals surface area contributed by atoms with Gasteiger partial charge >= 0.3 is 0 Å². The van der Waals surface area contributed by atoms with Gasteiger partial charge in [-0.05, 0) is 36.1 Å². The molecule has 2 aromatic carbocycles. The predicted octanol–water partition coefficient (Wildman–Crippen LogP) is 3.32. The Kier molecular flexibility index (Phi) is 5.71. The Labute approximate surface area is 150 Å². The number of carbonyl (C=O) groups excluding carboxylic acids is 1. The van der Waals surface area contributed by atoms with Crippen LogP contribution in [-0.4, -0.2) is 42.5 Å². The first kappa shape index (κ1) is 17.5. The number of ether oxygens (including phenoxy) is 1. The molecular formula is C21H26N2O2. The molecule has 4 nitrogen and oxygen atoms in total. The van der Waals surface area contributed by atoms with Crippen molar-refractivity contribution in [3.63, 3.8) is 0 Å². The fraction of sp³-hybridized carbons (Fsp3) is 0.381. The molecule has 0 N–H and O–H groups in total. The third-order valence-corrected chi connectivity index (χ3v) is 4.61. The zero-order valence-corrected chi connectivity index (χ0v) is 15.0. The molecule has 1 aliphatic rings. The molecule has 1 aliphatic carbocycles. The summed E-state index contributed by atoms with van der Waals surface area (Å²) < 4.78 is 5.26. The third kappa shape index (κ3) is 5.07. The quantitative estimate of drug-likeness (QED) is 0.740. The maximum Gasteiger partial charge on any atom is 0.236 e. The van der Waals surface area contributed by atoms with Crippen LogP contribution < -0.4 is 4.74 Å². The number of likely N-dealkylation sites (N-methyl/N-ethyl adjacent to an activating group) is 1. The zero-order chi connectivity index (χ0) is 17.6. The van der Waals surface area contributed by atoms with Gasteiger partial charge < -0.3 is 9.64 Å². The Morgan fingerprint density at radius 3 is 2.44 bits per heavy atom. The molecule has 1 amide bonds. The fourth-order valence-corrected chi connectivity index (χ4v) is 3.00. The number of nitrogens with zero attached hydrogens (tertiary/aromatic N) is 2. The van der Waals surface area contributed by atoms with Gasteiger partial charge in [0.25, 0.3) is 0 Å². The van der Waals surface area contributed by atoms with Crippen LogP contribution in [0.4, 0.5) is 0 Å². The van der Waals surface area contributed by atoms with Crippen molar-refractivity contribution < 1.29 is 9.53 Å². The molecule has 0 saturated heterocycles. The SMILES string of the molecule is COc1cccc(CN(C)C(=O)CN(Cc2ccccc2)C2CC2)c1. The number of hydrogen-bond donors (Lipinski definition) is 0. The second kappa shape index (κ2) is 8.17. The highest BCUT2D eigenvalue weighted by Crippen LogP contribution is 2.28. The Hall–Kier alpha value is -2.33. The van der Waals surface area contributed by atoms with Crippen molar-refractivity contribution in [3.05, 3.63) is 65.7 Å². The molecule has 3 rings (SSSR count). The first-order chi connectivity index (χ1) is 12.2. The highest BCUT2D eigenvalue weighted by molar-refractivity contribution is 5.78. The number of carbonyl (C=O) groups is 1. The summed E-state index contributed by atoms with van der Waals surface area (Å²) in [5, 5.41) is 0. The van der Waals surface area contributed by atoms with E-state index < -0.39 is 0 Å². The molecule has 0 heterocycles. The minimum absolute atomic E-state index is 0.158. The molecule has 25 heavy (non-hydrogen) atoms. The van der Waals surface area contributed by atoms with Crippen LogP contribution >= 0.6 is 0 Å². The predicted molar refractivity (Wildman–Crippen MR) is 99.3 cm³/mol. The topological polar surface area (TPSA) is 32.8 Å². The summed E-state index contributed by atoms with van der Waals surface area (Å²) in [4.78, 5) is 16.8. The number of benzene rings is 2. The van der Waals surface area contributed by atoms with Crippen molar-refractivity contribution in [1.29, 1.82) is 0 Å². The van der Waals surface area contributed by atoms with Crippen molar-refractivity contribution in [1.82, 2.24) is 9.80 Å². The van der Waals surface area contributed by atoms with Gasteiger partial charge in [0.2, 0.25) is 5.91 Å². The molecule has 0 aliphatic heterocycles. The molecule has 0 unspecified atom stereocenters. The standard InChI is InChI=1S/C21H26N2O2/c1-22(14-18-9-6-10-20(13-18)25-2)21(24)16-23(19-11-12-19)15-17-7-4-3-5-8-17/h3-10,13,19H,11-12,14-16H2,1-2H3. The normalized spacial score (nSPS) is 13.7. The van der Waals surface area contributed by atoms with Crippen molar-refractivity contribution in [3.8, 4) is 5.75 Å². The largest absolute Gasteiger partial charge is 0.497 e. The van der Waals surface area contributed by atoms with Crippen LogP contribution in [0.1, 0.15) is 24.0 Å². The number of amides is 1. The fourth-order valence-electron chi connectivity index (χ4n) is 3.00. The molecule has 0 radical (unpaired) electrons. The smallest absolute Gasteiger partial charge is 0.236 e. The minimum Gasteiger partial charge on any atom is -0.497 e. The van der Waals surface area contributed by atoms with E-state index in [0.717, 1.165) is 17.9 Å². The summed E-state index contributed by atoms with van der Waals surface area (Å²) in [6.45, 7) is 1.91. The van der Waals surface area contributed by atoms with E-state index in [1.807, 2.05) is 37.4 Å². The van der Waals surface area contributed by atoms with Crippen molar-refractivity contribution in [2.45, 2.75) is 32.0 Å². The van der Waals surface area contributed by atoms with Gasteiger partial charge in [0.1, 0.15) is 5.75 Å². The highest BCUT2D eigenvalue weighted by Gasteiger charge is 2.30. The average molecular weight is 338 g/mol. The van der Waals surface area contributed by atoms with E-state index >= 15 is 0 Å². The lowest BCUT2D eigenvalue weighted by Gasteiger charge is -2.25. The molecule has 132 valence electrons. The first-order valence-electron chi connectivity index (χ1n) is 8.80. The summed E-state index contributed by atoms with van der Waals surface area (Å²) in [7, 11) is 3.53. The summed E-state index contributed by atoms with van der Waals surface area (Å²) in [5.41, 5.74) is 2.34. The molecule has 0 spiro atoms. The van der Waals surface area contributed by atoms with E-state index in [4.69, 9.17) is 4.74 Å². The van der Waals surface area contributed by atoms with Crippen molar-refractivity contribution in [2.75, 3.05) is 20.7 Å². The van der Waals surface area contributed by atoms with E-state index in [2.05, 4.69) is 29.2 Å². The van der Waals surface area contributed by atoms with Crippen LogP contribution in [0.5, 0.6) is 5.75 Å². The van der Waals surface area contributed by atoms with Crippen LogP contribution in [0, 0.1) is 0 Å². The molecule has 1 fully saturated rings. The number of rotatable bonds is 8. The van der Waals surface area contributed by atoms with E-state index in [1.165, 1.54) is 18.4 Å². The minimum atomic E-state index is 0.158. The Balaban J connectivity index is 1.58. The lowest BCUT2D eigenvalue weighted by molar-refractivity contribution is -0.132. The van der Waals surface area contributed by atoms with Gasteiger partial charge in [-0.1, -0.05) is 42.5 Å². The molecule has 0 bridgehead atoms. The Morgan fingerprint density at radius 1 is 1.04 bits per heavy atom. The Bertz CT molecular complexity index is 698. The first-order valence-corrected chi connectivity index (χ1v) is 8.80. The second-order valence-corrected chi connectivity index (χ2v) is 6.72. The third-order valence-electron chi connectivity index (χ3n) is 4.61. The monoisotopic (exact) mass is 338 g/mol. The van der Waals surface area contributed by atoms with Crippen LogP contribution in [0.3, 0.4) is 0 Å². The van der Waals surface area contributed by atoms with Gasteiger partial charge in [0.05, 0.1) is 13.7 Å². The lowest BCUT2D eigenvalue weighted by atomic mass is 10.2. The number of hydrogen-bond acceptors (Lipinski definition) is 3. The lowest BCUT2D eigenvalue weighted by Crippen LogP contribution is -2.38.